The van der Waals surface area contributed by atoms with Crippen molar-refractivity contribution >= 4 is 11.8 Å². The Morgan fingerprint density at radius 3 is 1.96 bits per heavy atom. The molecule has 0 fully saturated rings. The number of hydrogen-bond donors (Lipinski definition) is 0. The van der Waals surface area contributed by atoms with E-state index in [1.54, 1.807) is 11.8 Å². The molecular formula is C20H14N2OS. The van der Waals surface area contributed by atoms with E-state index in [-0.39, 0.29) is 0 Å². The van der Waals surface area contributed by atoms with Gasteiger partial charge in [0.1, 0.15) is 0 Å². The van der Waals surface area contributed by atoms with Gasteiger partial charge in [-0.2, -0.15) is 4.98 Å². The van der Waals surface area contributed by atoms with Crippen molar-refractivity contribution in [1.29, 1.82) is 0 Å². The van der Waals surface area contributed by atoms with Crippen LogP contribution >= 0.6 is 11.8 Å². The first-order valence-corrected chi connectivity index (χ1v) is 8.42. The van der Waals surface area contributed by atoms with Crippen LogP contribution in [0, 0.1) is 0 Å². The van der Waals surface area contributed by atoms with Crippen LogP contribution in [0.2, 0.25) is 0 Å². The maximum Gasteiger partial charge on any atom is 0.258 e. The Kier molecular flexibility index (Phi) is 4.13. The molecule has 0 unspecified atom stereocenters. The monoisotopic (exact) mass is 330 g/mol. The van der Waals surface area contributed by atoms with Gasteiger partial charge >= 0.3 is 0 Å². The number of hydrogen-bond acceptors (Lipinski definition) is 4. The van der Waals surface area contributed by atoms with Crippen LogP contribution < -0.4 is 0 Å². The second-order valence-electron chi connectivity index (χ2n) is 5.23. The van der Waals surface area contributed by atoms with E-state index in [2.05, 4.69) is 34.4 Å². The number of rotatable bonds is 4. The lowest BCUT2D eigenvalue weighted by Crippen LogP contribution is -1.81. The fourth-order valence-corrected chi connectivity index (χ4v) is 3.17. The molecule has 0 saturated carbocycles. The van der Waals surface area contributed by atoms with Crippen molar-refractivity contribution in [1.82, 2.24) is 10.1 Å². The summed E-state index contributed by atoms with van der Waals surface area (Å²) in [4.78, 5) is 6.88. The lowest BCUT2D eigenvalue weighted by Gasteiger charge is -2.02. The van der Waals surface area contributed by atoms with Crippen LogP contribution in [0.4, 0.5) is 0 Å². The smallest absolute Gasteiger partial charge is 0.258 e. The van der Waals surface area contributed by atoms with Gasteiger partial charge in [-0.15, -0.1) is 0 Å². The van der Waals surface area contributed by atoms with Crippen LogP contribution in [-0.4, -0.2) is 10.1 Å². The summed E-state index contributed by atoms with van der Waals surface area (Å²) in [5.41, 5.74) is 1.87. The maximum atomic E-state index is 5.36. The van der Waals surface area contributed by atoms with E-state index in [1.807, 2.05) is 60.7 Å². The summed E-state index contributed by atoms with van der Waals surface area (Å²) in [5.74, 6) is 1.14. The molecule has 4 heteroatoms. The zero-order valence-corrected chi connectivity index (χ0v) is 13.6. The maximum absolute atomic E-state index is 5.36. The van der Waals surface area contributed by atoms with Crippen molar-refractivity contribution in [3.63, 3.8) is 0 Å². The molecule has 0 saturated heterocycles. The van der Waals surface area contributed by atoms with E-state index in [9.17, 15) is 0 Å². The lowest BCUT2D eigenvalue weighted by atomic mass is 10.2. The number of benzene rings is 3. The van der Waals surface area contributed by atoms with Gasteiger partial charge in [0.2, 0.25) is 5.82 Å². The molecule has 0 bridgehead atoms. The van der Waals surface area contributed by atoms with Crippen LogP contribution in [0.5, 0.6) is 0 Å². The molecule has 1 aromatic heterocycles. The van der Waals surface area contributed by atoms with Gasteiger partial charge in [0, 0.05) is 20.9 Å². The Morgan fingerprint density at radius 1 is 0.625 bits per heavy atom. The Morgan fingerprint density at radius 2 is 1.25 bits per heavy atom. The first-order chi connectivity index (χ1) is 11.9. The molecule has 0 spiro atoms. The zero-order valence-electron chi connectivity index (χ0n) is 12.8. The van der Waals surface area contributed by atoms with Crippen LogP contribution in [0.3, 0.4) is 0 Å². The highest BCUT2D eigenvalue weighted by Crippen LogP contribution is 2.29. The molecule has 24 heavy (non-hydrogen) atoms. The third kappa shape index (κ3) is 3.24. The largest absolute Gasteiger partial charge is 0.334 e. The van der Waals surface area contributed by atoms with E-state index in [0.29, 0.717) is 11.7 Å². The highest BCUT2D eigenvalue weighted by molar-refractivity contribution is 7.99. The highest BCUT2D eigenvalue weighted by atomic mass is 32.2. The highest BCUT2D eigenvalue weighted by Gasteiger charge is 2.10. The van der Waals surface area contributed by atoms with E-state index in [0.717, 1.165) is 11.1 Å². The Labute approximate surface area is 144 Å². The topological polar surface area (TPSA) is 38.9 Å². The molecule has 1 heterocycles. The molecule has 4 aromatic rings. The number of nitrogens with zero attached hydrogens (tertiary/aromatic N) is 2. The van der Waals surface area contributed by atoms with Crippen molar-refractivity contribution in [3.05, 3.63) is 84.9 Å². The SMILES string of the molecule is c1ccc(Sc2ccc(-c3noc(-c4ccccc4)n3)cc2)cc1. The third-order valence-electron chi connectivity index (χ3n) is 3.54. The standard InChI is InChI=1S/C20H14N2OS/c1-3-7-16(8-4-1)20-21-19(22-23-20)15-11-13-18(14-12-15)24-17-9-5-2-6-10-17/h1-14H. The van der Waals surface area contributed by atoms with E-state index in [4.69, 9.17) is 4.52 Å². The van der Waals surface area contributed by atoms with Gasteiger partial charge in [0.25, 0.3) is 5.89 Å². The summed E-state index contributed by atoms with van der Waals surface area (Å²) >= 11 is 1.73. The molecule has 3 nitrogen and oxygen atoms in total. The first-order valence-electron chi connectivity index (χ1n) is 7.61. The van der Waals surface area contributed by atoms with Gasteiger partial charge < -0.3 is 4.52 Å². The van der Waals surface area contributed by atoms with Gasteiger partial charge in [-0.25, -0.2) is 0 Å². The van der Waals surface area contributed by atoms with Gasteiger partial charge in [-0.3, -0.25) is 0 Å². The van der Waals surface area contributed by atoms with Crippen molar-refractivity contribution in [2.75, 3.05) is 0 Å². The van der Waals surface area contributed by atoms with Crippen LogP contribution in [0.15, 0.2) is 99.2 Å². The van der Waals surface area contributed by atoms with E-state index >= 15 is 0 Å². The summed E-state index contributed by atoms with van der Waals surface area (Å²) < 4.78 is 5.36. The predicted octanol–water partition coefficient (Wildman–Crippen LogP) is 5.55. The average molecular weight is 330 g/mol. The van der Waals surface area contributed by atoms with Gasteiger partial charge in [-0.05, 0) is 48.5 Å². The van der Waals surface area contributed by atoms with Crippen LogP contribution in [-0.2, 0) is 0 Å². The molecule has 0 aliphatic rings. The average Bonchev–Trinajstić information content (AvgIpc) is 3.14. The van der Waals surface area contributed by atoms with Gasteiger partial charge in [0.15, 0.2) is 0 Å². The summed E-state index contributed by atoms with van der Waals surface area (Å²) in [6.45, 7) is 0. The minimum absolute atomic E-state index is 0.535. The Balaban J connectivity index is 1.54. The quantitative estimate of drug-likeness (QED) is 0.491. The molecule has 0 N–H and O–H groups in total. The van der Waals surface area contributed by atoms with Crippen molar-refractivity contribution in [2.24, 2.45) is 0 Å². The first kappa shape index (κ1) is 14.7. The molecule has 0 radical (unpaired) electrons. The van der Waals surface area contributed by atoms with Crippen molar-refractivity contribution in [2.45, 2.75) is 9.79 Å². The zero-order chi connectivity index (χ0) is 16.2. The van der Waals surface area contributed by atoms with Gasteiger partial charge in [-0.1, -0.05) is 53.3 Å². The van der Waals surface area contributed by atoms with Crippen molar-refractivity contribution in [3.8, 4) is 22.8 Å². The molecular weight excluding hydrogens is 316 g/mol. The summed E-state index contributed by atoms with van der Waals surface area (Å²) in [6, 6.07) is 28.3. The van der Waals surface area contributed by atoms with Crippen molar-refractivity contribution < 1.29 is 4.52 Å². The molecule has 116 valence electrons. The second kappa shape index (κ2) is 6.72. The lowest BCUT2D eigenvalue weighted by molar-refractivity contribution is 0.432. The molecule has 0 aliphatic carbocycles. The van der Waals surface area contributed by atoms with Crippen LogP contribution in [0.1, 0.15) is 0 Å². The minimum Gasteiger partial charge on any atom is -0.334 e. The summed E-state index contributed by atoms with van der Waals surface area (Å²) in [6.07, 6.45) is 0. The minimum atomic E-state index is 0.535. The van der Waals surface area contributed by atoms with Gasteiger partial charge in [0.05, 0.1) is 0 Å². The molecule has 0 atom stereocenters. The Bertz CT molecular complexity index is 919. The van der Waals surface area contributed by atoms with E-state index < -0.39 is 0 Å². The summed E-state index contributed by atoms with van der Waals surface area (Å²) in [7, 11) is 0. The third-order valence-corrected chi connectivity index (χ3v) is 4.55. The fourth-order valence-electron chi connectivity index (χ4n) is 2.34. The molecule has 0 aliphatic heterocycles. The predicted molar refractivity (Wildman–Crippen MR) is 95.7 cm³/mol. The second-order valence-corrected chi connectivity index (χ2v) is 6.38. The fraction of sp³-hybridized carbons (Fsp3) is 0. The molecule has 0 amide bonds. The number of aromatic nitrogens is 2. The summed E-state index contributed by atoms with van der Waals surface area (Å²) in [5, 5.41) is 4.08. The normalized spacial score (nSPS) is 10.7. The van der Waals surface area contributed by atoms with Crippen LogP contribution in [0.25, 0.3) is 22.8 Å². The van der Waals surface area contributed by atoms with E-state index in [1.165, 1.54) is 9.79 Å². The Hall–Kier alpha value is -2.85. The molecule has 4 rings (SSSR count). The molecule has 3 aromatic carbocycles.